The number of hydrogen-bond donors (Lipinski definition) is 1. The first-order valence-electron chi connectivity index (χ1n) is 6.77. The molecule has 1 aromatic carbocycles. The van der Waals surface area contributed by atoms with Gasteiger partial charge in [-0.25, -0.2) is 0 Å². The molecule has 0 aliphatic carbocycles. The highest BCUT2D eigenvalue weighted by molar-refractivity contribution is 5.94. The first-order valence-corrected chi connectivity index (χ1v) is 6.77. The van der Waals surface area contributed by atoms with Crippen molar-refractivity contribution in [2.24, 2.45) is 4.99 Å². The van der Waals surface area contributed by atoms with Gasteiger partial charge in [0.2, 0.25) is 0 Å². The third-order valence-corrected chi connectivity index (χ3v) is 2.80. The summed E-state index contributed by atoms with van der Waals surface area (Å²) < 4.78 is 5.06. The molecular weight excluding hydrogens is 268 g/mol. The van der Waals surface area contributed by atoms with E-state index in [4.69, 9.17) is 4.74 Å². The van der Waals surface area contributed by atoms with Gasteiger partial charge in [0.25, 0.3) is 5.91 Å². The molecule has 0 aliphatic rings. The summed E-state index contributed by atoms with van der Waals surface area (Å²) in [5.74, 6) is 1.50. The number of ether oxygens (including phenoxy) is 1. The maximum atomic E-state index is 11.9. The molecule has 1 N–H and O–H groups in total. The van der Waals surface area contributed by atoms with Crippen molar-refractivity contribution in [1.82, 2.24) is 15.1 Å². The van der Waals surface area contributed by atoms with Gasteiger partial charge < -0.3 is 19.9 Å². The lowest BCUT2D eigenvalue weighted by Gasteiger charge is -2.22. The second-order valence-corrected chi connectivity index (χ2v) is 4.95. The van der Waals surface area contributed by atoms with E-state index in [-0.39, 0.29) is 5.91 Å². The number of hydrogen-bond acceptors (Lipinski definition) is 3. The van der Waals surface area contributed by atoms with Gasteiger partial charge in [0, 0.05) is 40.3 Å². The van der Waals surface area contributed by atoms with Crippen molar-refractivity contribution in [2.75, 3.05) is 48.4 Å². The van der Waals surface area contributed by atoms with Crippen LogP contribution in [0.4, 0.5) is 0 Å². The lowest BCUT2D eigenvalue weighted by Crippen LogP contribution is -2.36. The van der Waals surface area contributed by atoms with Crippen molar-refractivity contribution in [1.29, 1.82) is 0 Å². The van der Waals surface area contributed by atoms with Gasteiger partial charge >= 0.3 is 0 Å². The number of methoxy groups -OCH3 is 1. The third-order valence-electron chi connectivity index (χ3n) is 2.80. The molecule has 0 radical (unpaired) electrons. The Bertz CT molecular complexity index is 471. The first-order chi connectivity index (χ1) is 9.95. The Morgan fingerprint density at radius 1 is 1.14 bits per heavy atom. The van der Waals surface area contributed by atoms with Gasteiger partial charge in [-0.2, -0.15) is 0 Å². The molecule has 0 spiro atoms. The van der Waals surface area contributed by atoms with Crippen molar-refractivity contribution < 1.29 is 9.53 Å². The topological polar surface area (TPSA) is 57.2 Å². The van der Waals surface area contributed by atoms with Gasteiger partial charge in [0.15, 0.2) is 5.96 Å². The van der Waals surface area contributed by atoms with Crippen LogP contribution in [-0.4, -0.2) is 70.1 Å². The van der Waals surface area contributed by atoms with Gasteiger partial charge in [0.1, 0.15) is 5.75 Å². The minimum atomic E-state index is -0.107. The molecule has 0 unspecified atom stereocenters. The Morgan fingerprint density at radius 2 is 1.71 bits per heavy atom. The molecule has 6 heteroatoms. The molecule has 21 heavy (non-hydrogen) atoms. The van der Waals surface area contributed by atoms with Crippen LogP contribution in [0.1, 0.15) is 10.4 Å². The maximum absolute atomic E-state index is 11.9. The van der Waals surface area contributed by atoms with E-state index >= 15 is 0 Å². The Labute approximate surface area is 126 Å². The molecule has 1 aromatic rings. The summed E-state index contributed by atoms with van der Waals surface area (Å²) >= 11 is 0. The zero-order chi connectivity index (χ0) is 15.8. The molecule has 0 atom stereocenters. The number of carbonyl (C=O) groups is 1. The molecule has 0 fully saturated rings. The Kier molecular flexibility index (Phi) is 6.52. The number of aliphatic imine (C=N–C) groups is 1. The predicted molar refractivity (Wildman–Crippen MR) is 85.0 cm³/mol. The number of carbonyl (C=O) groups excluding carboxylic acids is 1. The summed E-state index contributed by atoms with van der Waals surface area (Å²) in [6, 6.07) is 7.01. The summed E-state index contributed by atoms with van der Waals surface area (Å²) in [4.78, 5) is 20.3. The quantitative estimate of drug-likeness (QED) is 0.498. The van der Waals surface area contributed by atoms with Crippen LogP contribution in [0.15, 0.2) is 29.3 Å². The Balaban J connectivity index is 2.47. The van der Waals surface area contributed by atoms with Crippen LogP contribution in [0, 0.1) is 0 Å². The van der Waals surface area contributed by atoms with E-state index in [0.29, 0.717) is 18.7 Å². The summed E-state index contributed by atoms with van der Waals surface area (Å²) in [6.07, 6.45) is 0. The van der Waals surface area contributed by atoms with Gasteiger partial charge in [-0.15, -0.1) is 0 Å². The van der Waals surface area contributed by atoms with Crippen molar-refractivity contribution in [3.8, 4) is 5.75 Å². The lowest BCUT2D eigenvalue weighted by atomic mass is 10.2. The van der Waals surface area contributed by atoms with E-state index < -0.39 is 0 Å². The van der Waals surface area contributed by atoms with Crippen LogP contribution in [0.25, 0.3) is 0 Å². The third kappa shape index (κ3) is 5.33. The number of nitrogens with one attached hydrogen (secondary N) is 1. The van der Waals surface area contributed by atoms with E-state index in [1.807, 2.05) is 38.0 Å². The van der Waals surface area contributed by atoms with Crippen LogP contribution in [0.5, 0.6) is 5.75 Å². The van der Waals surface area contributed by atoms with Gasteiger partial charge in [-0.1, -0.05) is 0 Å². The van der Waals surface area contributed by atoms with Crippen LogP contribution < -0.4 is 10.1 Å². The van der Waals surface area contributed by atoms with Crippen LogP contribution in [-0.2, 0) is 0 Å². The molecule has 1 rings (SSSR count). The van der Waals surface area contributed by atoms with E-state index in [2.05, 4.69) is 10.3 Å². The van der Waals surface area contributed by atoms with Gasteiger partial charge in [0.05, 0.1) is 13.7 Å². The average Bonchev–Trinajstić information content (AvgIpc) is 2.46. The largest absolute Gasteiger partial charge is 0.497 e. The standard InChI is InChI=1S/C15H24N4O2/c1-18(2)15(19(3)4)17-11-10-16-14(20)12-6-8-13(21-5)9-7-12/h6-9H,10-11H2,1-5H3,(H,16,20). The second kappa shape index (κ2) is 8.14. The number of rotatable bonds is 5. The first kappa shape index (κ1) is 16.8. The summed E-state index contributed by atoms with van der Waals surface area (Å²) in [6.45, 7) is 1.03. The van der Waals surface area contributed by atoms with E-state index in [1.165, 1.54) is 0 Å². The normalized spacial score (nSPS) is 9.76. The highest BCUT2D eigenvalue weighted by Crippen LogP contribution is 2.10. The second-order valence-electron chi connectivity index (χ2n) is 4.95. The molecule has 0 aromatic heterocycles. The highest BCUT2D eigenvalue weighted by atomic mass is 16.5. The fourth-order valence-corrected chi connectivity index (χ4v) is 1.85. The van der Waals surface area contributed by atoms with E-state index in [0.717, 1.165) is 11.7 Å². The van der Waals surface area contributed by atoms with Crippen LogP contribution in [0.2, 0.25) is 0 Å². The monoisotopic (exact) mass is 292 g/mol. The van der Waals surface area contributed by atoms with Crippen LogP contribution >= 0.6 is 0 Å². The Hall–Kier alpha value is -2.24. The summed E-state index contributed by atoms with van der Waals surface area (Å²) in [7, 11) is 9.35. The fraction of sp³-hybridized carbons (Fsp3) is 0.467. The molecular formula is C15H24N4O2. The summed E-state index contributed by atoms with van der Waals surface area (Å²) in [5.41, 5.74) is 0.611. The SMILES string of the molecule is COc1ccc(C(=O)NCCN=C(N(C)C)N(C)C)cc1. The molecule has 1 amide bonds. The van der Waals surface area contributed by atoms with Crippen molar-refractivity contribution in [2.45, 2.75) is 0 Å². The van der Waals surface area contributed by atoms with Crippen molar-refractivity contribution in [3.63, 3.8) is 0 Å². The van der Waals surface area contributed by atoms with Gasteiger partial charge in [-0.05, 0) is 24.3 Å². The van der Waals surface area contributed by atoms with Crippen molar-refractivity contribution >= 4 is 11.9 Å². The number of amides is 1. The zero-order valence-electron chi connectivity index (χ0n) is 13.4. The number of benzene rings is 1. The van der Waals surface area contributed by atoms with E-state index in [9.17, 15) is 4.79 Å². The maximum Gasteiger partial charge on any atom is 0.251 e. The number of nitrogens with zero attached hydrogens (tertiary/aromatic N) is 3. The van der Waals surface area contributed by atoms with Gasteiger partial charge in [-0.3, -0.25) is 9.79 Å². The number of guanidine groups is 1. The van der Waals surface area contributed by atoms with Crippen molar-refractivity contribution in [3.05, 3.63) is 29.8 Å². The van der Waals surface area contributed by atoms with E-state index in [1.54, 1.807) is 31.4 Å². The Morgan fingerprint density at radius 3 is 2.19 bits per heavy atom. The average molecular weight is 292 g/mol. The molecule has 0 saturated carbocycles. The minimum absolute atomic E-state index is 0.107. The lowest BCUT2D eigenvalue weighted by molar-refractivity contribution is 0.0954. The molecule has 6 nitrogen and oxygen atoms in total. The molecule has 0 aliphatic heterocycles. The smallest absolute Gasteiger partial charge is 0.251 e. The van der Waals surface area contributed by atoms with Crippen LogP contribution in [0.3, 0.4) is 0 Å². The molecule has 0 bridgehead atoms. The highest BCUT2D eigenvalue weighted by Gasteiger charge is 2.06. The summed E-state index contributed by atoms with van der Waals surface area (Å²) in [5, 5.41) is 2.85. The molecule has 116 valence electrons. The zero-order valence-corrected chi connectivity index (χ0v) is 13.4. The molecule has 0 saturated heterocycles. The predicted octanol–water partition coefficient (Wildman–Crippen LogP) is 0.904. The fourth-order valence-electron chi connectivity index (χ4n) is 1.85. The minimum Gasteiger partial charge on any atom is -0.497 e. The molecule has 0 heterocycles.